The van der Waals surface area contributed by atoms with E-state index in [2.05, 4.69) is 20.5 Å². The first-order valence-corrected chi connectivity index (χ1v) is 7.22. The lowest BCUT2D eigenvalue weighted by Gasteiger charge is -2.31. The number of nitrogens with zero attached hydrogens (tertiary/aromatic N) is 2. The van der Waals surface area contributed by atoms with E-state index < -0.39 is 0 Å². The first-order valence-electron chi connectivity index (χ1n) is 6.34. The van der Waals surface area contributed by atoms with Gasteiger partial charge in [-0.2, -0.15) is 0 Å². The number of piperidine rings is 1. The quantitative estimate of drug-likeness (QED) is 0.837. The van der Waals surface area contributed by atoms with Gasteiger partial charge in [-0.3, -0.25) is 9.69 Å². The number of aromatic nitrogens is 1. The first kappa shape index (κ1) is 13.5. The van der Waals surface area contributed by atoms with Crippen molar-refractivity contribution in [1.82, 2.24) is 15.2 Å². The smallest absolute Gasteiger partial charge is 0.240 e. The molecule has 1 saturated heterocycles. The van der Waals surface area contributed by atoms with Crippen LogP contribution in [0.15, 0.2) is 11.6 Å². The summed E-state index contributed by atoms with van der Waals surface area (Å²) in [4.78, 5) is 18.1. The number of amides is 1. The Morgan fingerprint density at radius 1 is 1.56 bits per heavy atom. The zero-order valence-electron chi connectivity index (χ0n) is 10.7. The Bertz CT molecular complexity index is 360. The van der Waals surface area contributed by atoms with Gasteiger partial charge in [0.15, 0.2) is 5.13 Å². The molecule has 1 aliphatic rings. The van der Waals surface area contributed by atoms with Crippen molar-refractivity contribution in [3.63, 3.8) is 0 Å². The second kappa shape index (κ2) is 6.82. The lowest BCUT2D eigenvalue weighted by atomic mass is 9.97. The predicted octanol–water partition coefficient (Wildman–Crippen LogP) is 1.01. The molecular formula is C12H20N4OS. The van der Waals surface area contributed by atoms with E-state index in [1.807, 2.05) is 12.4 Å². The molecule has 18 heavy (non-hydrogen) atoms. The number of likely N-dealkylation sites (tertiary alicyclic amines) is 1. The maximum absolute atomic E-state index is 11.8. The Balaban J connectivity index is 1.69. The van der Waals surface area contributed by atoms with Gasteiger partial charge in [-0.25, -0.2) is 4.98 Å². The summed E-state index contributed by atoms with van der Waals surface area (Å²) in [5, 5.41) is 8.58. The highest BCUT2D eigenvalue weighted by Gasteiger charge is 2.20. The van der Waals surface area contributed by atoms with Gasteiger partial charge in [-0.15, -0.1) is 11.3 Å². The number of thiazole rings is 1. The molecule has 0 bridgehead atoms. The molecule has 0 aromatic carbocycles. The van der Waals surface area contributed by atoms with E-state index in [4.69, 9.17) is 0 Å². The lowest BCUT2D eigenvalue weighted by molar-refractivity contribution is -0.117. The van der Waals surface area contributed by atoms with Gasteiger partial charge >= 0.3 is 0 Å². The van der Waals surface area contributed by atoms with Crippen molar-refractivity contribution in [2.75, 3.05) is 38.5 Å². The highest BCUT2D eigenvalue weighted by Crippen LogP contribution is 2.16. The topological polar surface area (TPSA) is 57.3 Å². The molecule has 6 heteroatoms. The zero-order valence-corrected chi connectivity index (χ0v) is 11.5. The standard InChI is InChI=1S/C12H20N4OS/c1-13-8-10-2-5-16(6-3-10)9-11(17)15-12-14-4-7-18-12/h4,7,10,13H,2-3,5-6,8-9H2,1H3,(H,14,15,17). The molecule has 1 amide bonds. The molecule has 5 nitrogen and oxygen atoms in total. The molecule has 0 atom stereocenters. The van der Waals surface area contributed by atoms with Crippen molar-refractivity contribution in [3.05, 3.63) is 11.6 Å². The Kier molecular flexibility index (Phi) is 5.10. The van der Waals surface area contributed by atoms with Gasteiger partial charge in [0.25, 0.3) is 0 Å². The van der Waals surface area contributed by atoms with Gasteiger partial charge in [-0.05, 0) is 45.4 Å². The molecule has 0 saturated carbocycles. The van der Waals surface area contributed by atoms with Crippen LogP contribution in [0.2, 0.25) is 0 Å². The molecule has 0 aliphatic carbocycles. The first-order chi connectivity index (χ1) is 8.78. The molecule has 0 unspecified atom stereocenters. The van der Waals surface area contributed by atoms with Gasteiger partial charge in [0.2, 0.25) is 5.91 Å². The third-order valence-corrected chi connectivity index (χ3v) is 3.93. The molecular weight excluding hydrogens is 248 g/mol. The fraction of sp³-hybridized carbons (Fsp3) is 0.667. The third-order valence-electron chi connectivity index (χ3n) is 3.25. The lowest BCUT2D eigenvalue weighted by Crippen LogP contribution is -2.40. The summed E-state index contributed by atoms with van der Waals surface area (Å²) in [5.74, 6) is 0.797. The molecule has 2 rings (SSSR count). The van der Waals surface area contributed by atoms with Crippen molar-refractivity contribution in [3.8, 4) is 0 Å². The monoisotopic (exact) mass is 268 g/mol. The minimum Gasteiger partial charge on any atom is -0.319 e. The number of hydrogen-bond donors (Lipinski definition) is 2. The average molecular weight is 268 g/mol. The van der Waals surface area contributed by atoms with E-state index >= 15 is 0 Å². The number of nitrogens with one attached hydrogen (secondary N) is 2. The molecule has 2 heterocycles. The Morgan fingerprint density at radius 2 is 2.33 bits per heavy atom. The van der Waals surface area contributed by atoms with Crippen LogP contribution in [0.4, 0.5) is 5.13 Å². The summed E-state index contributed by atoms with van der Waals surface area (Å²) >= 11 is 1.45. The van der Waals surface area contributed by atoms with E-state index in [0.29, 0.717) is 11.7 Å². The van der Waals surface area contributed by atoms with Crippen molar-refractivity contribution in [2.24, 2.45) is 5.92 Å². The van der Waals surface area contributed by atoms with Crippen LogP contribution in [-0.2, 0) is 4.79 Å². The maximum Gasteiger partial charge on any atom is 0.240 e. The van der Waals surface area contributed by atoms with Gasteiger partial charge in [0.05, 0.1) is 6.54 Å². The Morgan fingerprint density at radius 3 is 2.94 bits per heavy atom. The number of hydrogen-bond acceptors (Lipinski definition) is 5. The number of anilines is 1. The number of rotatable bonds is 5. The summed E-state index contributed by atoms with van der Waals surface area (Å²) in [7, 11) is 1.99. The molecule has 1 fully saturated rings. The van der Waals surface area contributed by atoms with Crippen LogP contribution in [0, 0.1) is 5.92 Å². The van der Waals surface area contributed by atoms with Crippen LogP contribution in [0.5, 0.6) is 0 Å². The highest BCUT2D eigenvalue weighted by molar-refractivity contribution is 7.13. The van der Waals surface area contributed by atoms with Crippen LogP contribution in [0.25, 0.3) is 0 Å². The molecule has 1 aromatic rings. The molecule has 1 aliphatic heterocycles. The summed E-state index contributed by atoms with van der Waals surface area (Å²) in [5.41, 5.74) is 0. The summed E-state index contributed by atoms with van der Waals surface area (Å²) in [6, 6.07) is 0. The SMILES string of the molecule is CNCC1CCN(CC(=O)Nc2nccs2)CC1. The molecule has 0 radical (unpaired) electrons. The molecule has 0 spiro atoms. The molecule has 2 N–H and O–H groups in total. The van der Waals surface area contributed by atoms with Gasteiger partial charge in [-0.1, -0.05) is 0 Å². The third kappa shape index (κ3) is 4.04. The second-order valence-electron chi connectivity index (χ2n) is 4.66. The normalized spacial score (nSPS) is 17.8. The van der Waals surface area contributed by atoms with E-state index in [9.17, 15) is 4.79 Å². The fourth-order valence-corrected chi connectivity index (χ4v) is 2.83. The van der Waals surface area contributed by atoms with Crippen LogP contribution in [0.3, 0.4) is 0 Å². The zero-order chi connectivity index (χ0) is 12.8. The number of carbonyl (C=O) groups is 1. The summed E-state index contributed by atoms with van der Waals surface area (Å²) < 4.78 is 0. The van der Waals surface area contributed by atoms with Crippen LogP contribution in [-0.4, -0.2) is 49.0 Å². The Hall–Kier alpha value is -0.980. The van der Waals surface area contributed by atoms with Crippen molar-refractivity contribution >= 4 is 22.4 Å². The van der Waals surface area contributed by atoms with Crippen molar-refractivity contribution in [1.29, 1.82) is 0 Å². The van der Waals surface area contributed by atoms with Gasteiger partial charge in [0, 0.05) is 11.6 Å². The van der Waals surface area contributed by atoms with Crippen LogP contribution in [0.1, 0.15) is 12.8 Å². The molecule has 100 valence electrons. The van der Waals surface area contributed by atoms with E-state index in [-0.39, 0.29) is 5.91 Å². The summed E-state index contributed by atoms with van der Waals surface area (Å²) in [6.45, 7) is 3.58. The van der Waals surface area contributed by atoms with Crippen molar-refractivity contribution in [2.45, 2.75) is 12.8 Å². The van der Waals surface area contributed by atoms with Crippen molar-refractivity contribution < 1.29 is 4.79 Å². The van der Waals surface area contributed by atoms with E-state index in [0.717, 1.165) is 25.6 Å². The maximum atomic E-state index is 11.8. The van der Waals surface area contributed by atoms with Gasteiger partial charge in [0.1, 0.15) is 0 Å². The van der Waals surface area contributed by atoms with E-state index in [1.54, 1.807) is 6.20 Å². The van der Waals surface area contributed by atoms with Crippen LogP contribution >= 0.6 is 11.3 Å². The minimum atomic E-state index is 0.0389. The minimum absolute atomic E-state index is 0.0389. The molecule has 1 aromatic heterocycles. The Labute approximate surface area is 112 Å². The fourth-order valence-electron chi connectivity index (χ4n) is 2.28. The number of carbonyl (C=O) groups excluding carboxylic acids is 1. The predicted molar refractivity (Wildman–Crippen MR) is 73.8 cm³/mol. The van der Waals surface area contributed by atoms with Gasteiger partial charge < -0.3 is 10.6 Å². The average Bonchev–Trinajstić information content (AvgIpc) is 2.84. The largest absolute Gasteiger partial charge is 0.319 e. The van der Waals surface area contributed by atoms with Crippen LogP contribution < -0.4 is 10.6 Å². The van der Waals surface area contributed by atoms with E-state index in [1.165, 1.54) is 24.2 Å². The summed E-state index contributed by atoms with van der Waals surface area (Å²) in [6.07, 6.45) is 4.04. The second-order valence-corrected chi connectivity index (χ2v) is 5.56. The highest BCUT2D eigenvalue weighted by atomic mass is 32.1.